The molecule has 1 aliphatic rings. The van der Waals surface area contributed by atoms with Crippen molar-refractivity contribution in [3.05, 3.63) is 65.9 Å². The average Bonchev–Trinajstić information content (AvgIpc) is 3.40. The van der Waals surface area contributed by atoms with Gasteiger partial charge >= 0.3 is 5.97 Å². The lowest BCUT2D eigenvalue weighted by atomic mass is 10.1. The van der Waals surface area contributed by atoms with Crippen LogP contribution < -0.4 is 10.6 Å². The first-order chi connectivity index (χ1) is 14.6. The van der Waals surface area contributed by atoms with Crippen molar-refractivity contribution < 1.29 is 23.5 Å². The Kier molecular flexibility index (Phi) is 6.11. The van der Waals surface area contributed by atoms with Crippen LogP contribution in [0, 0.1) is 0 Å². The maximum atomic E-state index is 12.8. The third kappa shape index (κ3) is 4.53. The lowest BCUT2D eigenvalue weighted by molar-refractivity contribution is -0.121. The summed E-state index contributed by atoms with van der Waals surface area (Å²) in [5, 5.41) is 6.86. The predicted molar refractivity (Wildman–Crippen MR) is 112 cm³/mol. The van der Waals surface area contributed by atoms with Crippen molar-refractivity contribution in [2.75, 3.05) is 18.5 Å². The highest BCUT2D eigenvalue weighted by Gasteiger charge is 2.33. The average molecular weight is 408 g/mol. The van der Waals surface area contributed by atoms with Crippen LogP contribution in [0.1, 0.15) is 29.5 Å². The van der Waals surface area contributed by atoms with E-state index < -0.39 is 12.0 Å². The summed E-state index contributed by atoms with van der Waals surface area (Å²) >= 11 is 0. The molecule has 0 spiro atoms. The molecule has 0 aliphatic carbocycles. The summed E-state index contributed by atoms with van der Waals surface area (Å²) in [5.74, 6) is -0.519. The number of esters is 1. The number of benzene rings is 2. The molecule has 30 heavy (non-hydrogen) atoms. The molecule has 1 aliphatic heterocycles. The van der Waals surface area contributed by atoms with Crippen LogP contribution in [0.3, 0.4) is 0 Å². The minimum absolute atomic E-state index is 0.141. The lowest BCUT2D eigenvalue weighted by Gasteiger charge is -2.20. The molecule has 1 saturated heterocycles. The molecule has 7 nitrogen and oxygen atoms in total. The third-order valence-electron chi connectivity index (χ3n) is 5.01. The van der Waals surface area contributed by atoms with E-state index in [-0.39, 0.29) is 24.4 Å². The van der Waals surface area contributed by atoms with Crippen molar-refractivity contribution in [1.29, 1.82) is 0 Å². The molecule has 1 aromatic heterocycles. The van der Waals surface area contributed by atoms with Gasteiger partial charge < -0.3 is 24.5 Å². The van der Waals surface area contributed by atoms with Crippen molar-refractivity contribution in [2.24, 2.45) is 0 Å². The standard InChI is InChI=1S/C23H24N2O5/c1-2-28-23(27)20-13-16-12-17(8-9-18(16)30-20)25-22(26)21-19(10-11-24-21)29-14-15-6-4-3-5-7-15/h3-9,12-13,19,21,24H,2,10-11,14H2,1H3,(H,25,26). The highest BCUT2D eigenvalue weighted by Crippen LogP contribution is 2.24. The van der Waals surface area contributed by atoms with Crippen LogP contribution >= 0.6 is 0 Å². The lowest BCUT2D eigenvalue weighted by Crippen LogP contribution is -2.43. The first-order valence-corrected chi connectivity index (χ1v) is 10.0. The molecule has 156 valence electrons. The van der Waals surface area contributed by atoms with Gasteiger partial charge in [-0.15, -0.1) is 0 Å². The normalized spacial score (nSPS) is 18.4. The molecular weight excluding hydrogens is 384 g/mol. The van der Waals surface area contributed by atoms with Crippen molar-refractivity contribution in [3.8, 4) is 0 Å². The van der Waals surface area contributed by atoms with Gasteiger partial charge in [0.25, 0.3) is 0 Å². The fourth-order valence-corrected chi connectivity index (χ4v) is 3.54. The molecule has 0 bridgehead atoms. The van der Waals surface area contributed by atoms with Crippen LogP contribution in [0.4, 0.5) is 5.69 Å². The fraction of sp³-hybridized carbons (Fsp3) is 0.304. The largest absolute Gasteiger partial charge is 0.460 e. The van der Waals surface area contributed by atoms with E-state index >= 15 is 0 Å². The number of fused-ring (bicyclic) bond motifs is 1. The number of ether oxygens (including phenoxy) is 2. The Bertz CT molecular complexity index is 1030. The van der Waals surface area contributed by atoms with Crippen LogP contribution in [0.25, 0.3) is 11.0 Å². The zero-order valence-electron chi connectivity index (χ0n) is 16.7. The van der Waals surface area contributed by atoms with Crippen molar-refractivity contribution in [2.45, 2.75) is 32.1 Å². The van der Waals surface area contributed by atoms with Gasteiger partial charge in [-0.2, -0.15) is 0 Å². The molecule has 1 fully saturated rings. The highest BCUT2D eigenvalue weighted by molar-refractivity contribution is 5.98. The quantitative estimate of drug-likeness (QED) is 0.582. The Hall–Kier alpha value is -3.16. The summed E-state index contributed by atoms with van der Waals surface area (Å²) in [5.41, 5.74) is 2.25. The van der Waals surface area contributed by atoms with Gasteiger partial charge in [-0.25, -0.2) is 4.79 Å². The van der Waals surface area contributed by atoms with Gasteiger partial charge in [0.05, 0.1) is 19.3 Å². The predicted octanol–water partition coefficient (Wildman–Crippen LogP) is 3.50. The maximum absolute atomic E-state index is 12.8. The molecule has 2 N–H and O–H groups in total. The topological polar surface area (TPSA) is 89.8 Å². The number of nitrogens with one attached hydrogen (secondary N) is 2. The summed E-state index contributed by atoms with van der Waals surface area (Å²) < 4.78 is 16.5. The van der Waals surface area contributed by atoms with E-state index in [9.17, 15) is 9.59 Å². The zero-order valence-corrected chi connectivity index (χ0v) is 16.7. The third-order valence-corrected chi connectivity index (χ3v) is 5.01. The van der Waals surface area contributed by atoms with Gasteiger partial charge in [-0.05, 0) is 49.7 Å². The van der Waals surface area contributed by atoms with E-state index in [1.807, 2.05) is 30.3 Å². The van der Waals surface area contributed by atoms with E-state index in [0.717, 1.165) is 18.5 Å². The molecule has 1 amide bonds. The van der Waals surface area contributed by atoms with E-state index in [0.29, 0.717) is 23.3 Å². The van der Waals surface area contributed by atoms with Crippen LogP contribution in [0.15, 0.2) is 59.0 Å². The maximum Gasteiger partial charge on any atom is 0.374 e. The van der Waals surface area contributed by atoms with Gasteiger partial charge in [0.15, 0.2) is 0 Å². The summed E-state index contributed by atoms with van der Waals surface area (Å²) in [6, 6.07) is 16.3. The second kappa shape index (κ2) is 9.11. The van der Waals surface area contributed by atoms with Gasteiger partial charge in [0.2, 0.25) is 11.7 Å². The van der Waals surface area contributed by atoms with Crippen LogP contribution in [0.2, 0.25) is 0 Å². The number of carbonyl (C=O) groups is 2. The van der Waals surface area contributed by atoms with E-state index in [4.69, 9.17) is 13.9 Å². The summed E-state index contributed by atoms with van der Waals surface area (Å²) in [6.07, 6.45) is 0.576. The number of anilines is 1. The number of carbonyl (C=O) groups excluding carboxylic acids is 2. The van der Waals surface area contributed by atoms with Crippen LogP contribution in [0.5, 0.6) is 0 Å². The first-order valence-electron chi connectivity index (χ1n) is 10.0. The molecule has 2 aromatic carbocycles. The van der Waals surface area contributed by atoms with E-state index in [2.05, 4.69) is 10.6 Å². The molecule has 0 saturated carbocycles. The van der Waals surface area contributed by atoms with Crippen molar-refractivity contribution >= 4 is 28.5 Å². The monoisotopic (exact) mass is 408 g/mol. The van der Waals surface area contributed by atoms with E-state index in [1.54, 1.807) is 31.2 Å². The number of furan rings is 1. The Morgan fingerprint density at radius 2 is 2.00 bits per heavy atom. The Morgan fingerprint density at radius 3 is 2.80 bits per heavy atom. The number of rotatable bonds is 7. The summed E-state index contributed by atoms with van der Waals surface area (Å²) in [6.45, 7) is 3.21. The smallest absolute Gasteiger partial charge is 0.374 e. The summed E-state index contributed by atoms with van der Waals surface area (Å²) in [4.78, 5) is 24.7. The SMILES string of the molecule is CCOC(=O)c1cc2cc(NC(=O)C3NCCC3OCc3ccccc3)ccc2o1. The Balaban J connectivity index is 1.40. The van der Waals surface area contributed by atoms with E-state index in [1.165, 1.54) is 0 Å². The van der Waals surface area contributed by atoms with Gasteiger partial charge in [0, 0.05) is 11.1 Å². The fourth-order valence-electron chi connectivity index (χ4n) is 3.54. The Morgan fingerprint density at radius 1 is 1.17 bits per heavy atom. The van der Waals surface area contributed by atoms with Crippen LogP contribution in [-0.4, -0.2) is 37.2 Å². The van der Waals surface area contributed by atoms with Gasteiger partial charge in [-0.3, -0.25) is 4.79 Å². The summed E-state index contributed by atoms with van der Waals surface area (Å²) in [7, 11) is 0. The Labute approximate surface area is 174 Å². The van der Waals surface area contributed by atoms with Crippen LogP contribution in [-0.2, 0) is 20.9 Å². The highest BCUT2D eigenvalue weighted by atomic mass is 16.5. The number of hydrogen-bond donors (Lipinski definition) is 2. The molecule has 0 radical (unpaired) electrons. The number of amides is 1. The van der Waals surface area contributed by atoms with Gasteiger partial charge in [0.1, 0.15) is 11.6 Å². The molecule has 2 atom stereocenters. The second-order valence-corrected chi connectivity index (χ2v) is 7.13. The van der Waals surface area contributed by atoms with Crippen molar-refractivity contribution in [1.82, 2.24) is 5.32 Å². The minimum atomic E-state index is -0.507. The zero-order chi connectivity index (χ0) is 20.9. The molecule has 2 unspecified atom stereocenters. The first kappa shape index (κ1) is 20.1. The molecule has 2 heterocycles. The number of hydrogen-bond acceptors (Lipinski definition) is 6. The molecule has 4 rings (SSSR count). The molecular formula is C23H24N2O5. The molecule has 3 aromatic rings. The van der Waals surface area contributed by atoms with Crippen molar-refractivity contribution in [3.63, 3.8) is 0 Å². The van der Waals surface area contributed by atoms with Gasteiger partial charge in [-0.1, -0.05) is 30.3 Å². The minimum Gasteiger partial charge on any atom is -0.460 e. The second-order valence-electron chi connectivity index (χ2n) is 7.13. The molecule has 7 heteroatoms.